The number of hydrogen-bond acceptors (Lipinski definition) is 9. The Morgan fingerprint density at radius 2 is 1.80 bits per heavy atom. The Morgan fingerprint density at radius 1 is 1.11 bits per heavy atom. The van der Waals surface area contributed by atoms with Gasteiger partial charge in [0.25, 0.3) is 5.56 Å². The van der Waals surface area contributed by atoms with Gasteiger partial charge in [-0.25, -0.2) is 4.98 Å². The second-order valence-corrected chi connectivity index (χ2v) is 9.98. The first-order chi connectivity index (χ1) is 16.9. The van der Waals surface area contributed by atoms with Crippen molar-refractivity contribution in [2.45, 2.75) is 24.3 Å². The Kier molecular flexibility index (Phi) is 7.48. The molecule has 11 heteroatoms. The Bertz CT molecular complexity index is 1530. The van der Waals surface area contributed by atoms with Gasteiger partial charge in [-0.15, -0.1) is 0 Å². The van der Waals surface area contributed by atoms with E-state index >= 15 is 0 Å². The monoisotopic (exact) mass is 527 g/mol. The van der Waals surface area contributed by atoms with E-state index in [0.717, 1.165) is 23.1 Å². The van der Waals surface area contributed by atoms with Crippen molar-refractivity contribution >= 4 is 57.4 Å². The molecule has 0 aliphatic carbocycles. The van der Waals surface area contributed by atoms with Gasteiger partial charge in [-0.3, -0.25) is 23.5 Å². The minimum Gasteiger partial charge on any atom is -0.495 e. The van der Waals surface area contributed by atoms with Crippen LogP contribution in [-0.4, -0.2) is 44.8 Å². The van der Waals surface area contributed by atoms with E-state index in [1.54, 1.807) is 48.9 Å². The summed E-state index contributed by atoms with van der Waals surface area (Å²) in [6.45, 7) is 3.09. The largest absolute Gasteiger partial charge is 0.495 e. The average Bonchev–Trinajstić information content (AvgIpc) is 3.18. The highest BCUT2D eigenvalue weighted by Gasteiger charge is 2.30. The lowest BCUT2D eigenvalue weighted by Gasteiger charge is -2.16. The van der Waals surface area contributed by atoms with Crippen molar-refractivity contribution in [3.8, 4) is 17.1 Å². The molecule has 0 saturated carbocycles. The van der Waals surface area contributed by atoms with Crippen LogP contribution in [0.2, 0.25) is 0 Å². The van der Waals surface area contributed by atoms with Gasteiger partial charge in [0, 0.05) is 0 Å². The number of thioether (sulfide) groups is 1. The second kappa shape index (κ2) is 10.5. The molecule has 2 heterocycles. The lowest BCUT2D eigenvalue weighted by Crippen LogP contribution is -2.29. The van der Waals surface area contributed by atoms with E-state index in [-0.39, 0.29) is 17.3 Å². The molecule has 180 valence electrons. The van der Waals surface area contributed by atoms with Gasteiger partial charge < -0.3 is 9.47 Å². The molecule has 4 aromatic rings. The molecule has 0 aliphatic heterocycles. The van der Waals surface area contributed by atoms with Crippen LogP contribution in [0, 0.1) is 3.95 Å². The molecule has 0 unspecified atom stereocenters. The SMILES string of the molecule is CCOC(=O)[C@@H](Sc1nc2c(sc(=S)n2-c2ccccc2OC)c(=O)n1-c1ccccc1)C(C)=O. The van der Waals surface area contributed by atoms with Crippen molar-refractivity contribution in [1.82, 2.24) is 14.1 Å². The van der Waals surface area contributed by atoms with E-state index in [4.69, 9.17) is 26.7 Å². The minimum absolute atomic E-state index is 0.124. The standard InChI is InChI=1S/C24H21N3O5S3/c1-4-32-22(30)18(14(2)28)34-23-25-20-19(21(29)26(23)15-10-6-5-7-11-15)35-24(33)27(20)16-12-8-9-13-17(16)31-3/h5-13,18H,4H2,1-3H3/t18-/m0/s1. The molecule has 2 aromatic carbocycles. The van der Waals surface area contributed by atoms with Gasteiger partial charge >= 0.3 is 5.97 Å². The van der Waals surface area contributed by atoms with E-state index in [0.29, 0.717) is 31.4 Å². The molecule has 35 heavy (non-hydrogen) atoms. The number of fused-ring (bicyclic) bond motifs is 1. The molecule has 8 nitrogen and oxygen atoms in total. The first-order valence-corrected chi connectivity index (χ1v) is 12.7. The van der Waals surface area contributed by atoms with E-state index in [9.17, 15) is 14.4 Å². The molecule has 1 atom stereocenters. The van der Waals surface area contributed by atoms with Crippen LogP contribution in [0.1, 0.15) is 13.8 Å². The number of para-hydroxylation sites is 3. The molecule has 0 aliphatic rings. The number of benzene rings is 2. The molecule has 0 N–H and O–H groups in total. The fourth-order valence-corrected chi connectivity index (χ4v) is 5.73. The van der Waals surface area contributed by atoms with E-state index in [2.05, 4.69) is 0 Å². The van der Waals surface area contributed by atoms with Crippen LogP contribution < -0.4 is 10.3 Å². The van der Waals surface area contributed by atoms with Gasteiger partial charge in [-0.05, 0) is 50.3 Å². The van der Waals surface area contributed by atoms with Gasteiger partial charge in [0.2, 0.25) is 0 Å². The van der Waals surface area contributed by atoms with Gasteiger partial charge in [0.15, 0.2) is 25.8 Å². The van der Waals surface area contributed by atoms with Crippen LogP contribution in [0.3, 0.4) is 0 Å². The third-order valence-electron chi connectivity index (χ3n) is 5.01. The zero-order chi connectivity index (χ0) is 25.1. The fraction of sp³-hybridized carbons (Fsp3) is 0.208. The summed E-state index contributed by atoms with van der Waals surface area (Å²) in [5.74, 6) is -0.542. The molecule has 4 rings (SSSR count). The Morgan fingerprint density at radius 3 is 2.46 bits per heavy atom. The zero-order valence-corrected chi connectivity index (χ0v) is 21.5. The summed E-state index contributed by atoms with van der Waals surface area (Å²) in [7, 11) is 1.55. The number of nitrogens with zero attached hydrogens (tertiary/aromatic N) is 3. The van der Waals surface area contributed by atoms with Crippen molar-refractivity contribution in [2.75, 3.05) is 13.7 Å². The number of ether oxygens (including phenoxy) is 2. The predicted molar refractivity (Wildman–Crippen MR) is 139 cm³/mol. The number of esters is 1. The summed E-state index contributed by atoms with van der Waals surface area (Å²) in [5, 5.41) is -1.02. The minimum atomic E-state index is -1.18. The number of hydrogen-bond donors (Lipinski definition) is 0. The topological polar surface area (TPSA) is 92.4 Å². The van der Waals surface area contributed by atoms with E-state index in [1.165, 1.54) is 11.5 Å². The molecular formula is C24H21N3O5S3. The number of Topliss-reactive ketones (excluding diaryl/α,β-unsaturated/α-hetero) is 1. The first kappa shape index (κ1) is 24.8. The molecule has 0 spiro atoms. The van der Waals surface area contributed by atoms with Gasteiger partial charge in [-0.2, -0.15) is 0 Å². The van der Waals surface area contributed by atoms with Gasteiger partial charge in [0.1, 0.15) is 10.4 Å². The molecule has 0 saturated heterocycles. The highest BCUT2D eigenvalue weighted by molar-refractivity contribution is 8.01. The van der Waals surface area contributed by atoms with Crippen LogP contribution in [0.15, 0.2) is 64.5 Å². The number of ketones is 1. The van der Waals surface area contributed by atoms with Crippen LogP contribution in [0.5, 0.6) is 5.75 Å². The summed E-state index contributed by atoms with van der Waals surface area (Å²) < 4.78 is 14.4. The van der Waals surface area contributed by atoms with Crippen molar-refractivity contribution in [3.05, 3.63) is 68.9 Å². The van der Waals surface area contributed by atoms with Crippen molar-refractivity contribution in [1.29, 1.82) is 0 Å². The molecule has 0 bridgehead atoms. The normalized spacial score (nSPS) is 11.9. The Balaban J connectivity index is 2.03. The molecule has 2 aromatic heterocycles. The van der Waals surface area contributed by atoms with Crippen molar-refractivity contribution in [3.63, 3.8) is 0 Å². The maximum atomic E-state index is 13.8. The molecule has 0 radical (unpaired) electrons. The lowest BCUT2D eigenvalue weighted by atomic mass is 10.3. The highest BCUT2D eigenvalue weighted by atomic mass is 32.2. The van der Waals surface area contributed by atoms with E-state index < -0.39 is 17.0 Å². The van der Waals surface area contributed by atoms with Crippen LogP contribution in [-0.2, 0) is 14.3 Å². The highest BCUT2D eigenvalue weighted by Crippen LogP contribution is 2.32. The van der Waals surface area contributed by atoms with Crippen molar-refractivity contribution in [2.24, 2.45) is 0 Å². The van der Waals surface area contributed by atoms with E-state index in [1.807, 2.05) is 24.3 Å². The smallest absolute Gasteiger partial charge is 0.327 e. The summed E-state index contributed by atoms with van der Waals surface area (Å²) in [4.78, 5) is 43.5. The molecule has 0 fully saturated rings. The number of carbonyl (C=O) groups excluding carboxylic acids is 2. The number of carbonyl (C=O) groups is 2. The van der Waals surface area contributed by atoms with Crippen LogP contribution >= 0.6 is 35.3 Å². The maximum absolute atomic E-state index is 13.8. The number of aromatic nitrogens is 3. The maximum Gasteiger partial charge on any atom is 0.327 e. The average molecular weight is 528 g/mol. The molecular weight excluding hydrogens is 506 g/mol. The van der Waals surface area contributed by atoms with Crippen molar-refractivity contribution < 1.29 is 19.1 Å². The third-order valence-corrected chi connectivity index (χ3v) is 7.61. The predicted octanol–water partition coefficient (Wildman–Crippen LogP) is 4.59. The summed E-state index contributed by atoms with van der Waals surface area (Å²) >= 11 is 7.62. The van der Waals surface area contributed by atoms with Crippen LogP contribution in [0.4, 0.5) is 0 Å². The third kappa shape index (κ3) is 4.79. The van der Waals surface area contributed by atoms with Crippen LogP contribution in [0.25, 0.3) is 21.7 Å². The summed E-state index contributed by atoms with van der Waals surface area (Å²) in [6.07, 6.45) is 0. The number of thiazole rings is 1. The zero-order valence-electron chi connectivity index (χ0n) is 19.1. The molecule has 0 amide bonds. The lowest BCUT2D eigenvalue weighted by molar-refractivity contribution is -0.144. The Labute approximate surface area is 214 Å². The van der Waals surface area contributed by atoms with Gasteiger partial charge in [-0.1, -0.05) is 53.4 Å². The quantitative estimate of drug-likeness (QED) is 0.108. The number of rotatable bonds is 8. The van der Waals surface area contributed by atoms with Gasteiger partial charge in [0.05, 0.1) is 25.1 Å². The number of methoxy groups -OCH3 is 1. The second-order valence-electron chi connectivity index (χ2n) is 7.26. The first-order valence-electron chi connectivity index (χ1n) is 10.6. The summed E-state index contributed by atoms with van der Waals surface area (Å²) in [6, 6.07) is 16.2. The Hall–Kier alpha value is -3.28. The fourth-order valence-electron chi connectivity index (χ4n) is 3.47. The summed E-state index contributed by atoms with van der Waals surface area (Å²) in [5.41, 5.74) is 1.12.